The molecule has 26 heavy (non-hydrogen) atoms. The van der Waals surface area contributed by atoms with Gasteiger partial charge in [0.1, 0.15) is 5.75 Å². The quantitative estimate of drug-likeness (QED) is 0.752. The maximum atomic E-state index is 11.7. The van der Waals surface area contributed by atoms with Crippen LogP contribution in [0, 0.1) is 0 Å². The Labute approximate surface area is 154 Å². The summed E-state index contributed by atoms with van der Waals surface area (Å²) in [6.07, 6.45) is 6.25. The molecule has 0 N–H and O–H groups in total. The third kappa shape index (κ3) is 3.34. The van der Waals surface area contributed by atoms with Crippen molar-refractivity contribution in [2.75, 3.05) is 7.11 Å². The molecule has 0 amide bonds. The summed E-state index contributed by atoms with van der Waals surface area (Å²) in [5.74, 6) is 0.650. The number of ether oxygens (including phenoxy) is 2. The molecule has 0 aromatic heterocycles. The van der Waals surface area contributed by atoms with Crippen molar-refractivity contribution in [1.82, 2.24) is 4.90 Å². The van der Waals surface area contributed by atoms with Crippen LogP contribution in [-0.4, -0.2) is 24.0 Å². The second-order valence-electron chi connectivity index (χ2n) is 7.16. The second kappa shape index (κ2) is 7.50. The molecule has 0 spiro atoms. The van der Waals surface area contributed by atoms with E-state index in [1.807, 2.05) is 36.4 Å². The molecule has 0 radical (unpaired) electrons. The zero-order valence-corrected chi connectivity index (χ0v) is 15.2. The number of para-hydroxylation sites is 1. The third-order valence-corrected chi connectivity index (χ3v) is 5.53. The molecule has 1 aliphatic heterocycles. The molecule has 4 rings (SSSR count). The van der Waals surface area contributed by atoms with Crippen LogP contribution in [0.4, 0.5) is 0 Å². The Morgan fingerprint density at radius 2 is 1.77 bits per heavy atom. The van der Waals surface area contributed by atoms with Crippen molar-refractivity contribution in [3.8, 4) is 5.75 Å². The predicted octanol–water partition coefficient (Wildman–Crippen LogP) is 4.70. The van der Waals surface area contributed by atoms with E-state index >= 15 is 0 Å². The van der Waals surface area contributed by atoms with Crippen LogP contribution in [0.25, 0.3) is 0 Å². The summed E-state index contributed by atoms with van der Waals surface area (Å²) in [5, 5.41) is 0. The van der Waals surface area contributed by atoms with Crippen molar-refractivity contribution in [2.24, 2.45) is 0 Å². The summed E-state index contributed by atoms with van der Waals surface area (Å²) >= 11 is 0. The number of rotatable bonds is 3. The Bertz CT molecular complexity index is 765. The lowest BCUT2D eigenvalue weighted by Gasteiger charge is -2.43. The topological polar surface area (TPSA) is 38.8 Å². The molecule has 1 aliphatic carbocycles. The molecule has 0 saturated heterocycles. The van der Waals surface area contributed by atoms with E-state index in [1.165, 1.54) is 44.8 Å². The SMILES string of the molecule is COC(=O)c1ccc(C2Oc3ccccc3CN2C2CCCCC2)cc1. The number of benzene rings is 2. The largest absolute Gasteiger partial charge is 0.471 e. The van der Waals surface area contributed by atoms with E-state index < -0.39 is 0 Å². The minimum Gasteiger partial charge on any atom is -0.471 e. The number of methoxy groups -OCH3 is 1. The number of nitrogens with zero attached hydrogens (tertiary/aromatic N) is 1. The zero-order chi connectivity index (χ0) is 17.9. The lowest BCUT2D eigenvalue weighted by atomic mass is 9.92. The number of hydrogen-bond acceptors (Lipinski definition) is 4. The van der Waals surface area contributed by atoms with Gasteiger partial charge in [0.2, 0.25) is 0 Å². The van der Waals surface area contributed by atoms with Gasteiger partial charge in [-0.15, -0.1) is 0 Å². The fraction of sp³-hybridized carbons (Fsp3) is 0.409. The van der Waals surface area contributed by atoms with E-state index in [0.29, 0.717) is 11.6 Å². The van der Waals surface area contributed by atoms with Crippen molar-refractivity contribution in [3.05, 3.63) is 65.2 Å². The molecular weight excluding hydrogens is 326 g/mol. The fourth-order valence-electron chi connectivity index (χ4n) is 4.11. The van der Waals surface area contributed by atoms with Crippen molar-refractivity contribution < 1.29 is 14.3 Å². The maximum absolute atomic E-state index is 11.7. The highest BCUT2D eigenvalue weighted by Gasteiger charge is 2.34. The molecule has 0 bridgehead atoms. The first-order valence-electron chi connectivity index (χ1n) is 9.45. The van der Waals surface area contributed by atoms with Gasteiger partial charge in [0, 0.05) is 23.7 Å². The smallest absolute Gasteiger partial charge is 0.337 e. The van der Waals surface area contributed by atoms with Crippen LogP contribution in [0.1, 0.15) is 59.8 Å². The second-order valence-corrected chi connectivity index (χ2v) is 7.16. The van der Waals surface area contributed by atoms with E-state index in [1.54, 1.807) is 0 Å². The summed E-state index contributed by atoms with van der Waals surface area (Å²) in [4.78, 5) is 14.2. The first-order valence-corrected chi connectivity index (χ1v) is 9.45. The Morgan fingerprint density at radius 3 is 2.50 bits per heavy atom. The van der Waals surface area contributed by atoms with Crippen LogP contribution in [0.3, 0.4) is 0 Å². The maximum Gasteiger partial charge on any atom is 0.337 e. The standard InChI is InChI=1S/C22H25NO3/c1-25-22(24)17-13-11-16(12-14-17)21-23(19-8-3-2-4-9-19)15-18-7-5-6-10-20(18)26-21/h5-7,10-14,19,21H,2-4,8-9,15H2,1H3. The fourth-order valence-corrected chi connectivity index (χ4v) is 4.11. The zero-order valence-electron chi connectivity index (χ0n) is 15.2. The number of esters is 1. The van der Waals surface area contributed by atoms with Gasteiger partial charge >= 0.3 is 5.97 Å². The lowest BCUT2D eigenvalue weighted by molar-refractivity contribution is -0.0423. The summed E-state index contributed by atoms with van der Waals surface area (Å²) in [6, 6.07) is 16.5. The van der Waals surface area contributed by atoms with E-state index in [2.05, 4.69) is 17.0 Å². The highest BCUT2D eigenvalue weighted by molar-refractivity contribution is 5.89. The van der Waals surface area contributed by atoms with Gasteiger partial charge < -0.3 is 9.47 Å². The average Bonchev–Trinajstić information content (AvgIpc) is 2.73. The molecule has 1 unspecified atom stereocenters. The van der Waals surface area contributed by atoms with E-state index in [9.17, 15) is 4.79 Å². The van der Waals surface area contributed by atoms with Gasteiger partial charge in [-0.1, -0.05) is 49.6 Å². The Balaban J connectivity index is 1.65. The van der Waals surface area contributed by atoms with Crippen LogP contribution in [0.2, 0.25) is 0 Å². The van der Waals surface area contributed by atoms with Gasteiger partial charge in [0.05, 0.1) is 12.7 Å². The predicted molar refractivity (Wildman–Crippen MR) is 100 cm³/mol. The van der Waals surface area contributed by atoms with Crippen LogP contribution in [0.5, 0.6) is 5.75 Å². The minimum atomic E-state index is -0.310. The summed E-state index contributed by atoms with van der Waals surface area (Å²) < 4.78 is 11.2. The van der Waals surface area contributed by atoms with Gasteiger partial charge in [0.25, 0.3) is 0 Å². The van der Waals surface area contributed by atoms with E-state index in [-0.39, 0.29) is 12.2 Å². The Hall–Kier alpha value is -2.33. The number of carbonyl (C=O) groups excluding carboxylic acids is 1. The molecule has 1 saturated carbocycles. The Kier molecular flexibility index (Phi) is 4.93. The first-order chi connectivity index (χ1) is 12.8. The summed E-state index contributed by atoms with van der Waals surface area (Å²) in [6.45, 7) is 0.907. The molecule has 1 heterocycles. The normalized spacial score (nSPS) is 20.9. The molecule has 2 aromatic rings. The van der Waals surface area contributed by atoms with E-state index in [0.717, 1.165) is 17.9 Å². The molecule has 4 heteroatoms. The molecule has 1 fully saturated rings. The molecular formula is C22H25NO3. The minimum absolute atomic E-state index is 0.111. The highest BCUT2D eigenvalue weighted by Crippen LogP contribution is 2.39. The molecule has 2 aromatic carbocycles. The number of carbonyl (C=O) groups is 1. The monoisotopic (exact) mass is 351 g/mol. The van der Waals surface area contributed by atoms with Gasteiger partial charge in [-0.05, 0) is 31.0 Å². The van der Waals surface area contributed by atoms with Gasteiger partial charge in [0.15, 0.2) is 6.23 Å². The Morgan fingerprint density at radius 1 is 1.04 bits per heavy atom. The average molecular weight is 351 g/mol. The van der Waals surface area contributed by atoms with Crippen LogP contribution in [-0.2, 0) is 11.3 Å². The van der Waals surface area contributed by atoms with Crippen LogP contribution >= 0.6 is 0 Å². The van der Waals surface area contributed by atoms with Crippen LogP contribution in [0.15, 0.2) is 48.5 Å². The molecule has 4 nitrogen and oxygen atoms in total. The number of hydrogen-bond donors (Lipinski definition) is 0. The van der Waals surface area contributed by atoms with Crippen molar-refractivity contribution >= 4 is 5.97 Å². The molecule has 2 aliphatic rings. The molecule has 1 atom stereocenters. The van der Waals surface area contributed by atoms with Gasteiger partial charge in [-0.2, -0.15) is 0 Å². The third-order valence-electron chi connectivity index (χ3n) is 5.53. The lowest BCUT2D eigenvalue weighted by Crippen LogP contribution is -2.43. The highest BCUT2D eigenvalue weighted by atomic mass is 16.5. The van der Waals surface area contributed by atoms with Crippen molar-refractivity contribution in [1.29, 1.82) is 0 Å². The van der Waals surface area contributed by atoms with E-state index in [4.69, 9.17) is 9.47 Å². The molecule has 136 valence electrons. The summed E-state index contributed by atoms with van der Waals surface area (Å²) in [5.41, 5.74) is 2.90. The van der Waals surface area contributed by atoms with Crippen molar-refractivity contribution in [3.63, 3.8) is 0 Å². The van der Waals surface area contributed by atoms with Gasteiger partial charge in [-0.3, -0.25) is 4.90 Å². The first kappa shape index (κ1) is 17.1. The number of fused-ring (bicyclic) bond motifs is 1. The van der Waals surface area contributed by atoms with Crippen LogP contribution < -0.4 is 4.74 Å². The van der Waals surface area contributed by atoms with Gasteiger partial charge in [-0.25, -0.2) is 4.79 Å². The van der Waals surface area contributed by atoms with Crippen molar-refractivity contribution in [2.45, 2.75) is 50.9 Å². The summed E-state index contributed by atoms with van der Waals surface area (Å²) in [7, 11) is 1.40.